The molecule has 1 N–H and O–H groups in total. The molecule has 0 radical (unpaired) electrons. The molecule has 2 aromatic heterocycles. The molecule has 0 saturated heterocycles. The van der Waals surface area contributed by atoms with Crippen molar-refractivity contribution in [3.8, 4) is 0 Å². The Morgan fingerprint density at radius 3 is 3.08 bits per heavy atom. The summed E-state index contributed by atoms with van der Waals surface area (Å²) in [6.07, 6.45) is 3.14. The van der Waals surface area contributed by atoms with Crippen LogP contribution in [0.15, 0.2) is 52.5 Å². The van der Waals surface area contributed by atoms with Crippen LogP contribution in [0, 0.1) is 5.82 Å². The van der Waals surface area contributed by atoms with Crippen molar-refractivity contribution >= 4 is 35.0 Å². The van der Waals surface area contributed by atoms with Gasteiger partial charge in [0.05, 0.1) is 24.2 Å². The van der Waals surface area contributed by atoms with Gasteiger partial charge in [0.1, 0.15) is 17.9 Å². The van der Waals surface area contributed by atoms with Gasteiger partial charge in [-0.3, -0.25) is 4.79 Å². The van der Waals surface area contributed by atoms with Crippen LogP contribution in [0.1, 0.15) is 5.76 Å². The Bertz CT molecular complexity index is 838. The van der Waals surface area contributed by atoms with Gasteiger partial charge in [-0.05, 0) is 30.3 Å². The highest BCUT2D eigenvalue weighted by Crippen LogP contribution is 2.21. The van der Waals surface area contributed by atoms with E-state index in [9.17, 15) is 9.18 Å². The summed E-state index contributed by atoms with van der Waals surface area (Å²) >= 11 is 6.99. The quantitative estimate of drug-likeness (QED) is 0.676. The zero-order valence-electron chi connectivity index (χ0n) is 12.3. The number of anilines is 1. The highest BCUT2D eigenvalue weighted by molar-refractivity contribution is 7.99. The van der Waals surface area contributed by atoms with Gasteiger partial charge in [-0.25, -0.2) is 4.39 Å². The van der Waals surface area contributed by atoms with E-state index in [1.807, 2.05) is 6.07 Å². The van der Waals surface area contributed by atoms with E-state index < -0.39 is 5.82 Å². The largest absolute Gasteiger partial charge is 0.467 e. The van der Waals surface area contributed by atoms with Gasteiger partial charge < -0.3 is 14.3 Å². The minimum Gasteiger partial charge on any atom is -0.467 e. The van der Waals surface area contributed by atoms with E-state index in [0.717, 1.165) is 5.76 Å². The fourth-order valence-electron chi connectivity index (χ4n) is 1.94. The molecular weight excluding hydrogens is 355 g/mol. The lowest BCUT2D eigenvalue weighted by atomic mass is 10.3. The van der Waals surface area contributed by atoms with Crippen LogP contribution in [0.25, 0.3) is 0 Å². The molecule has 0 fully saturated rings. The van der Waals surface area contributed by atoms with Crippen molar-refractivity contribution in [2.24, 2.45) is 0 Å². The Morgan fingerprint density at radius 1 is 1.42 bits per heavy atom. The van der Waals surface area contributed by atoms with Gasteiger partial charge in [0.15, 0.2) is 5.16 Å². The third kappa shape index (κ3) is 4.15. The van der Waals surface area contributed by atoms with Crippen LogP contribution in [0.5, 0.6) is 0 Å². The lowest BCUT2D eigenvalue weighted by Gasteiger charge is -2.07. The second-order valence-corrected chi connectivity index (χ2v) is 6.16. The monoisotopic (exact) mass is 366 g/mol. The molecule has 0 bridgehead atoms. The molecule has 3 rings (SSSR count). The van der Waals surface area contributed by atoms with Crippen LogP contribution >= 0.6 is 23.4 Å². The predicted molar refractivity (Wildman–Crippen MR) is 88.6 cm³/mol. The van der Waals surface area contributed by atoms with E-state index in [1.165, 1.54) is 30.0 Å². The summed E-state index contributed by atoms with van der Waals surface area (Å²) < 4.78 is 20.6. The normalized spacial score (nSPS) is 10.8. The number of nitrogens with one attached hydrogen (secondary N) is 1. The van der Waals surface area contributed by atoms with E-state index >= 15 is 0 Å². The number of hydrogen-bond acceptors (Lipinski definition) is 5. The van der Waals surface area contributed by atoms with Gasteiger partial charge >= 0.3 is 0 Å². The number of furan rings is 1. The van der Waals surface area contributed by atoms with Crippen LogP contribution in [0.2, 0.25) is 5.02 Å². The summed E-state index contributed by atoms with van der Waals surface area (Å²) in [7, 11) is 0. The summed E-state index contributed by atoms with van der Waals surface area (Å²) in [5.74, 6) is -0.0995. The molecule has 0 aliphatic carbocycles. The lowest BCUT2D eigenvalue weighted by molar-refractivity contribution is -0.113. The molecule has 1 aromatic carbocycles. The Morgan fingerprint density at radius 2 is 2.29 bits per heavy atom. The number of aromatic nitrogens is 3. The van der Waals surface area contributed by atoms with Crippen LogP contribution in [-0.2, 0) is 11.3 Å². The minimum absolute atomic E-state index is 0.0464. The van der Waals surface area contributed by atoms with Crippen molar-refractivity contribution in [3.63, 3.8) is 0 Å². The Balaban J connectivity index is 1.59. The molecule has 124 valence electrons. The van der Waals surface area contributed by atoms with E-state index in [0.29, 0.717) is 16.7 Å². The number of hydrogen-bond donors (Lipinski definition) is 1. The summed E-state index contributed by atoms with van der Waals surface area (Å²) in [5.41, 5.74) is 0.0464. The van der Waals surface area contributed by atoms with Crippen molar-refractivity contribution < 1.29 is 13.6 Å². The van der Waals surface area contributed by atoms with Crippen LogP contribution in [0.3, 0.4) is 0 Å². The van der Waals surface area contributed by atoms with Gasteiger partial charge in [0.25, 0.3) is 0 Å². The van der Waals surface area contributed by atoms with Gasteiger partial charge in [-0.1, -0.05) is 23.4 Å². The Hall–Kier alpha value is -2.32. The first-order chi connectivity index (χ1) is 11.6. The number of rotatable bonds is 6. The van der Waals surface area contributed by atoms with Crippen molar-refractivity contribution in [2.75, 3.05) is 11.1 Å². The molecule has 9 heteroatoms. The molecule has 0 aliphatic rings. The SMILES string of the molecule is O=C(CSc1nncn1Cc1ccco1)Nc1cc(Cl)ccc1F. The number of benzene rings is 1. The highest BCUT2D eigenvalue weighted by Gasteiger charge is 2.12. The molecule has 0 spiro atoms. The molecule has 2 heterocycles. The number of thioether (sulfide) groups is 1. The maximum atomic E-state index is 13.6. The van der Waals surface area contributed by atoms with Crippen molar-refractivity contribution in [1.82, 2.24) is 14.8 Å². The minimum atomic E-state index is -0.543. The Kier molecular flexibility index (Phi) is 5.17. The molecule has 3 aromatic rings. The second-order valence-electron chi connectivity index (χ2n) is 4.78. The molecule has 0 aliphatic heterocycles. The van der Waals surface area contributed by atoms with Gasteiger partial charge in [0.2, 0.25) is 5.91 Å². The molecule has 1 amide bonds. The van der Waals surface area contributed by atoms with Crippen LogP contribution in [0.4, 0.5) is 10.1 Å². The number of carbonyl (C=O) groups excluding carboxylic acids is 1. The standard InChI is InChI=1S/C15H12ClFN4O2S/c16-10-3-4-12(17)13(6-10)19-14(22)8-24-15-20-18-9-21(15)7-11-2-1-5-23-11/h1-6,9H,7-8H2,(H,19,22). The predicted octanol–water partition coefficient (Wildman–Crippen LogP) is 3.44. The maximum Gasteiger partial charge on any atom is 0.234 e. The average molecular weight is 367 g/mol. The first-order valence-electron chi connectivity index (χ1n) is 6.90. The topological polar surface area (TPSA) is 73.0 Å². The number of nitrogens with zero attached hydrogens (tertiary/aromatic N) is 3. The third-order valence-corrected chi connectivity index (χ3v) is 4.24. The number of amides is 1. The first-order valence-corrected chi connectivity index (χ1v) is 8.26. The van der Waals surface area contributed by atoms with E-state index in [1.54, 1.807) is 23.2 Å². The van der Waals surface area contributed by atoms with Gasteiger partial charge in [-0.15, -0.1) is 10.2 Å². The molecule has 24 heavy (non-hydrogen) atoms. The zero-order valence-corrected chi connectivity index (χ0v) is 13.9. The first kappa shape index (κ1) is 16.5. The summed E-state index contributed by atoms with van der Waals surface area (Å²) in [5, 5.41) is 11.2. The fraction of sp³-hybridized carbons (Fsp3) is 0.133. The van der Waals surface area contributed by atoms with Crippen molar-refractivity contribution in [2.45, 2.75) is 11.7 Å². The third-order valence-electron chi connectivity index (χ3n) is 3.02. The lowest BCUT2D eigenvalue weighted by Crippen LogP contribution is -2.15. The van der Waals surface area contributed by atoms with E-state index in [-0.39, 0.29) is 17.3 Å². The highest BCUT2D eigenvalue weighted by atomic mass is 35.5. The number of carbonyl (C=O) groups is 1. The summed E-state index contributed by atoms with van der Waals surface area (Å²) in [6, 6.07) is 7.60. The van der Waals surface area contributed by atoms with Gasteiger partial charge in [0, 0.05) is 5.02 Å². The van der Waals surface area contributed by atoms with Gasteiger partial charge in [-0.2, -0.15) is 0 Å². The smallest absolute Gasteiger partial charge is 0.234 e. The summed E-state index contributed by atoms with van der Waals surface area (Å²) in [4.78, 5) is 12.0. The van der Waals surface area contributed by atoms with E-state index in [2.05, 4.69) is 15.5 Å². The van der Waals surface area contributed by atoms with Crippen LogP contribution in [-0.4, -0.2) is 26.4 Å². The zero-order chi connectivity index (χ0) is 16.9. The fourth-order valence-corrected chi connectivity index (χ4v) is 2.83. The molecule has 6 nitrogen and oxygen atoms in total. The van der Waals surface area contributed by atoms with Crippen molar-refractivity contribution in [1.29, 1.82) is 0 Å². The van der Waals surface area contributed by atoms with E-state index in [4.69, 9.17) is 16.0 Å². The second kappa shape index (κ2) is 7.50. The number of halogens is 2. The van der Waals surface area contributed by atoms with Crippen molar-refractivity contribution in [3.05, 3.63) is 59.5 Å². The Labute approximate surface area is 146 Å². The molecule has 0 unspecified atom stereocenters. The molecular formula is C15H12ClFN4O2S. The van der Waals surface area contributed by atoms with Crippen LogP contribution < -0.4 is 5.32 Å². The summed E-state index contributed by atoms with van der Waals surface area (Å²) in [6.45, 7) is 0.465. The average Bonchev–Trinajstić information content (AvgIpc) is 3.21. The molecule has 0 atom stereocenters. The maximum absolute atomic E-state index is 13.6. The molecule has 0 saturated carbocycles.